The van der Waals surface area contributed by atoms with Crippen LogP contribution in [0.25, 0.3) is 0 Å². The van der Waals surface area contributed by atoms with Crippen LogP contribution >= 0.6 is 0 Å². The molecule has 2 aliphatic rings. The third-order valence-electron chi connectivity index (χ3n) is 7.19. The van der Waals surface area contributed by atoms with Gasteiger partial charge in [0.25, 0.3) is 5.91 Å². The van der Waals surface area contributed by atoms with Crippen molar-refractivity contribution in [3.05, 3.63) is 95.3 Å². The van der Waals surface area contributed by atoms with Crippen molar-refractivity contribution in [1.29, 1.82) is 0 Å². The number of hydrogen-bond donors (Lipinski definition) is 3. The topological polar surface area (TPSA) is 108 Å². The van der Waals surface area contributed by atoms with Crippen LogP contribution in [-0.4, -0.2) is 47.1 Å². The number of benzene rings is 3. The smallest absolute Gasteiger partial charge is 0.325 e. The lowest BCUT2D eigenvalue weighted by atomic mass is 9.91. The molecule has 1 unspecified atom stereocenters. The number of nitrogens with zero attached hydrogens (tertiary/aromatic N) is 1. The summed E-state index contributed by atoms with van der Waals surface area (Å²) in [5.41, 5.74) is 2.15. The molecule has 3 aromatic carbocycles. The van der Waals surface area contributed by atoms with Gasteiger partial charge in [-0.1, -0.05) is 55.5 Å². The quantitative estimate of drug-likeness (QED) is 0.335. The molecule has 3 N–H and O–H groups in total. The molecule has 0 spiro atoms. The van der Waals surface area contributed by atoms with Crippen LogP contribution in [0.2, 0.25) is 0 Å². The molecular weight excluding hydrogens is 501 g/mol. The molecule has 4 amide bonds. The summed E-state index contributed by atoms with van der Waals surface area (Å²) in [5.74, 6) is -1.53. The summed E-state index contributed by atoms with van der Waals surface area (Å²) in [5, 5.41) is 14.2. The first-order valence-corrected chi connectivity index (χ1v) is 13.0. The Bertz CT molecular complexity index is 1360. The summed E-state index contributed by atoms with van der Waals surface area (Å²) in [6, 6.07) is 17.5. The largest absolute Gasteiger partial charge is 0.491 e. The highest BCUT2D eigenvalue weighted by molar-refractivity contribution is 6.10. The Morgan fingerprint density at radius 3 is 2.41 bits per heavy atom. The molecule has 3 atom stereocenters. The number of hydrogen-bond acceptors (Lipinski definition) is 5. The van der Waals surface area contributed by atoms with Crippen LogP contribution in [0.1, 0.15) is 54.3 Å². The zero-order valence-electron chi connectivity index (χ0n) is 21.5. The highest BCUT2D eigenvalue weighted by Gasteiger charge is 2.47. The van der Waals surface area contributed by atoms with Crippen LogP contribution in [0, 0.1) is 5.82 Å². The Kier molecular flexibility index (Phi) is 7.60. The van der Waals surface area contributed by atoms with Gasteiger partial charge in [0.1, 0.15) is 30.3 Å². The molecule has 0 aromatic heterocycles. The molecule has 1 saturated carbocycles. The van der Waals surface area contributed by atoms with Gasteiger partial charge in [-0.25, -0.2) is 14.1 Å². The minimum absolute atomic E-state index is 0.00302. The molecule has 5 rings (SSSR count). The van der Waals surface area contributed by atoms with Crippen LogP contribution < -0.4 is 15.4 Å². The lowest BCUT2D eigenvalue weighted by Crippen LogP contribution is -2.50. The minimum atomic E-state index is -1.24. The Hall–Kier alpha value is -4.24. The predicted molar refractivity (Wildman–Crippen MR) is 143 cm³/mol. The normalized spacial score (nSPS) is 18.4. The number of aliphatic hydroxyl groups is 1. The maximum Gasteiger partial charge on any atom is 0.325 e. The average molecular weight is 532 g/mol. The van der Waals surface area contributed by atoms with Crippen LogP contribution in [0.5, 0.6) is 5.75 Å². The van der Waals surface area contributed by atoms with Crippen molar-refractivity contribution in [3.63, 3.8) is 0 Å². The van der Waals surface area contributed by atoms with Gasteiger partial charge in [-0.05, 0) is 59.7 Å². The summed E-state index contributed by atoms with van der Waals surface area (Å²) in [7, 11) is 0. The van der Waals surface area contributed by atoms with Crippen LogP contribution in [0.4, 0.5) is 14.9 Å². The Morgan fingerprint density at radius 2 is 1.77 bits per heavy atom. The predicted octanol–water partition coefficient (Wildman–Crippen LogP) is 4.48. The van der Waals surface area contributed by atoms with Crippen molar-refractivity contribution in [2.75, 3.05) is 18.5 Å². The number of urea groups is 1. The number of carbonyl (C=O) groups excluding carboxylic acids is 3. The van der Waals surface area contributed by atoms with E-state index in [0.717, 1.165) is 28.9 Å². The molecule has 1 aliphatic heterocycles. The van der Waals surface area contributed by atoms with E-state index in [9.17, 15) is 18.8 Å². The van der Waals surface area contributed by atoms with Gasteiger partial charge in [-0.3, -0.25) is 9.59 Å². The van der Waals surface area contributed by atoms with Crippen molar-refractivity contribution in [1.82, 2.24) is 10.2 Å². The molecule has 1 aliphatic carbocycles. The first-order valence-electron chi connectivity index (χ1n) is 13.0. The minimum Gasteiger partial charge on any atom is -0.491 e. The number of amides is 4. The van der Waals surface area contributed by atoms with Gasteiger partial charge in [-0.2, -0.15) is 0 Å². The first kappa shape index (κ1) is 26.4. The van der Waals surface area contributed by atoms with E-state index in [4.69, 9.17) is 9.84 Å². The SMILES string of the molecule is C[C@@H](c1ccccc1)[C@@H](C(=O)Nc1ccc(C2CC2)cc1F)N1C(=O)NC(c2ccc(OCCO)cc2)C1=O. The zero-order valence-corrected chi connectivity index (χ0v) is 21.5. The Labute approximate surface area is 225 Å². The van der Waals surface area contributed by atoms with Gasteiger partial charge in [-0.15, -0.1) is 0 Å². The third-order valence-corrected chi connectivity index (χ3v) is 7.19. The molecule has 39 heavy (non-hydrogen) atoms. The number of halogens is 1. The van der Waals surface area contributed by atoms with Crippen LogP contribution in [-0.2, 0) is 9.59 Å². The summed E-state index contributed by atoms with van der Waals surface area (Å²) >= 11 is 0. The van der Waals surface area contributed by atoms with Crippen molar-refractivity contribution in [3.8, 4) is 5.75 Å². The number of aliphatic hydroxyl groups excluding tert-OH is 1. The van der Waals surface area contributed by atoms with Gasteiger partial charge in [0, 0.05) is 5.92 Å². The second-order valence-corrected chi connectivity index (χ2v) is 9.88. The molecule has 9 heteroatoms. The number of anilines is 1. The second-order valence-electron chi connectivity index (χ2n) is 9.88. The fourth-order valence-electron chi connectivity index (χ4n) is 4.92. The van der Waals surface area contributed by atoms with Crippen LogP contribution in [0.15, 0.2) is 72.8 Å². The van der Waals surface area contributed by atoms with Crippen molar-refractivity contribution in [2.24, 2.45) is 0 Å². The molecule has 8 nitrogen and oxygen atoms in total. The van der Waals surface area contributed by atoms with E-state index in [1.165, 1.54) is 12.1 Å². The van der Waals surface area contributed by atoms with Crippen molar-refractivity contribution in [2.45, 2.75) is 43.7 Å². The summed E-state index contributed by atoms with van der Waals surface area (Å²) in [6.07, 6.45) is 2.04. The molecule has 3 aromatic rings. The van der Waals surface area contributed by atoms with E-state index in [0.29, 0.717) is 17.2 Å². The number of nitrogens with one attached hydrogen (secondary N) is 2. The maximum atomic E-state index is 14.9. The van der Waals surface area contributed by atoms with Crippen LogP contribution in [0.3, 0.4) is 0 Å². The van der Waals surface area contributed by atoms with Gasteiger partial charge < -0.3 is 20.5 Å². The van der Waals surface area contributed by atoms with E-state index < -0.39 is 41.7 Å². The fourth-order valence-corrected chi connectivity index (χ4v) is 4.92. The standard InChI is InChI=1S/C30H30FN3O5/c1-18(19-5-3-2-4-6-19)27(28(36)32-25-14-11-22(17-24(25)31)20-7-8-20)34-29(37)26(33-30(34)38)21-9-12-23(13-10-21)39-16-15-35/h2-6,9-14,17-18,20,26-27,35H,7-8,15-16H2,1H3,(H,32,36)(H,33,38)/t18-,26?,27-/m0/s1. The van der Waals surface area contributed by atoms with E-state index >= 15 is 0 Å². The highest BCUT2D eigenvalue weighted by Crippen LogP contribution is 2.41. The van der Waals surface area contributed by atoms with Gasteiger partial charge in [0.05, 0.1) is 12.3 Å². The lowest BCUT2D eigenvalue weighted by molar-refractivity contribution is -0.134. The first-order chi connectivity index (χ1) is 18.9. The molecule has 202 valence electrons. The monoisotopic (exact) mass is 531 g/mol. The molecule has 2 fully saturated rings. The van der Waals surface area contributed by atoms with E-state index in [-0.39, 0.29) is 18.9 Å². The van der Waals surface area contributed by atoms with Crippen molar-refractivity contribution < 1.29 is 28.6 Å². The van der Waals surface area contributed by atoms with Gasteiger partial charge in [0.15, 0.2) is 0 Å². The number of carbonyl (C=O) groups is 3. The van der Waals surface area contributed by atoms with Gasteiger partial charge in [0.2, 0.25) is 5.91 Å². The molecular formula is C30H30FN3O5. The second kappa shape index (κ2) is 11.2. The Balaban J connectivity index is 1.42. The van der Waals surface area contributed by atoms with Crippen molar-refractivity contribution >= 4 is 23.5 Å². The molecule has 0 bridgehead atoms. The number of rotatable bonds is 10. The Morgan fingerprint density at radius 1 is 1.08 bits per heavy atom. The van der Waals surface area contributed by atoms with Gasteiger partial charge >= 0.3 is 6.03 Å². The van der Waals surface area contributed by atoms with E-state index in [1.807, 2.05) is 30.3 Å². The maximum absolute atomic E-state index is 14.9. The zero-order chi connectivity index (χ0) is 27.5. The fraction of sp³-hybridized carbons (Fsp3) is 0.300. The third kappa shape index (κ3) is 5.63. The number of imide groups is 1. The summed E-state index contributed by atoms with van der Waals surface area (Å²) in [4.78, 5) is 41.4. The molecule has 1 heterocycles. The van der Waals surface area contributed by atoms with E-state index in [1.54, 1.807) is 37.3 Å². The number of ether oxygens (including phenoxy) is 1. The molecule has 1 saturated heterocycles. The lowest BCUT2D eigenvalue weighted by Gasteiger charge is -2.30. The van der Waals surface area contributed by atoms with E-state index in [2.05, 4.69) is 10.6 Å². The highest BCUT2D eigenvalue weighted by atomic mass is 19.1. The molecule has 0 radical (unpaired) electrons. The average Bonchev–Trinajstić information content (AvgIpc) is 3.76. The summed E-state index contributed by atoms with van der Waals surface area (Å²) < 4.78 is 20.3. The summed E-state index contributed by atoms with van der Waals surface area (Å²) in [6.45, 7) is 1.75.